The van der Waals surface area contributed by atoms with Gasteiger partial charge in [-0.05, 0) is 0 Å². The fourth-order valence-electron chi connectivity index (χ4n) is 0.636. The maximum Gasteiger partial charge on any atom is 0.405 e. The number of hydrogen-bond donors (Lipinski definition) is 2. The zero-order valence-electron chi connectivity index (χ0n) is 7.74. The van der Waals surface area contributed by atoms with E-state index in [1.807, 2.05) is 5.32 Å². The van der Waals surface area contributed by atoms with Gasteiger partial charge in [0, 0.05) is 20.0 Å². The topological polar surface area (TPSA) is 78.9 Å². The van der Waals surface area contributed by atoms with Crippen LogP contribution in [0.15, 0.2) is 0 Å². The molecule has 0 aliphatic rings. The summed E-state index contributed by atoms with van der Waals surface area (Å²) >= 11 is 0. The largest absolute Gasteiger partial charge is 0.465 e. The molecule has 2 N–H and O–H groups in total. The molecule has 0 unspecified atom stereocenters. The molecule has 0 radical (unpaired) electrons. The third-order valence-electron chi connectivity index (χ3n) is 1.45. The molecular weight excluding hydrogens is 176 g/mol. The Kier molecular flexibility index (Phi) is 5.82. The summed E-state index contributed by atoms with van der Waals surface area (Å²) in [7, 11) is 3.19. The van der Waals surface area contributed by atoms with Crippen LogP contribution in [0.4, 0.5) is 4.79 Å². The Balaban J connectivity index is 3.46. The summed E-state index contributed by atoms with van der Waals surface area (Å²) in [4.78, 5) is 25.7. The molecule has 0 aromatic heterocycles. The summed E-state index contributed by atoms with van der Waals surface area (Å²) in [6.45, 7) is 0.309. The molecule has 0 saturated heterocycles. The Morgan fingerprint density at radius 3 is 2.62 bits per heavy atom. The quantitative estimate of drug-likeness (QED) is 0.562. The molecule has 0 aromatic rings. The summed E-state index contributed by atoms with van der Waals surface area (Å²) < 4.78 is 0. The molecule has 0 rings (SSSR count). The van der Waals surface area contributed by atoms with Crippen molar-refractivity contribution in [3.63, 3.8) is 0 Å². The van der Waals surface area contributed by atoms with Crippen LogP contribution in [0.3, 0.4) is 0 Å². The summed E-state index contributed by atoms with van der Waals surface area (Å²) in [5.41, 5.74) is 0. The van der Waals surface area contributed by atoms with Gasteiger partial charge in [-0.15, -0.1) is 0 Å². The van der Waals surface area contributed by atoms with E-state index in [0.717, 1.165) is 0 Å². The second-order valence-corrected chi connectivity index (χ2v) is 2.48. The standard InChI is InChI=1S/C7H14N2O4/c1-9(13-2)4-3-6(10)5-8-7(11)12/h8H,3-5H2,1-2H3,(H,11,12). The van der Waals surface area contributed by atoms with Crippen LogP contribution >= 0.6 is 0 Å². The molecule has 0 fully saturated rings. The normalized spacial score (nSPS) is 10.1. The molecule has 0 saturated carbocycles. The van der Waals surface area contributed by atoms with Crippen LogP contribution in [0.2, 0.25) is 0 Å². The minimum Gasteiger partial charge on any atom is -0.465 e. The van der Waals surface area contributed by atoms with E-state index >= 15 is 0 Å². The number of hydrogen-bond acceptors (Lipinski definition) is 4. The van der Waals surface area contributed by atoms with Gasteiger partial charge in [0.2, 0.25) is 0 Å². The second kappa shape index (κ2) is 6.38. The number of hydroxylamine groups is 2. The molecule has 0 aliphatic heterocycles. The van der Waals surface area contributed by atoms with Crippen molar-refractivity contribution in [2.24, 2.45) is 0 Å². The van der Waals surface area contributed by atoms with E-state index in [4.69, 9.17) is 9.94 Å². The number of nitrogens with zero attached hydrogens (tertiary/aromatic N) is 1. The van der Waals surface area contributed by atoms with Crippen molar-refractivity contribution < 1.29 is 19.5 Å². The molecule has 0 spiro atoms. The van der Waals surface area contributed by atoms with Crippen molar-refractivity contribution in [3.8, 4) is 0 Å². The first kappa shape index (κ1) is 11.9. The Hall–Kier alpha value is -1.14. The van der Waals surface area contributed by atoms with E-state index in [-0.39, 0.29) is 18.7 Å². The van der Waals surface area contributed by atoms with Gasteiger partial charge in [0.1, 0.15) is 0 Å². The molecule has 1 amide bonds. The highest BCUT2D eigenvalue weighted by molar-refractivity contribution is 5.83. The number of ketones is 1. The van der Waals surface area contributed by atoms with Crippen molar-refractivity contribution in [3.05, 3.63) is 0 Å². The predicted octanol–water partition coefficient (Wildman–Crippen LogP) is -0.294. The highest BCUT2D eigenvalue weighted by atomic mass is 16.7. The summed E-state index contributed by atoms with van der Waals surface area (Å²) in [5, 5.41) is 11.7. The zero-order chi connectivity index (χ0) is 10.3. The highest BCUT2D eigenvalue weighted by Crippen LogP contribution is 1.87. The number of nitrogens with one attached hydrogen (secondary N) is 1. The molecule has 0 atom stereocenters. The molecule has 13 heavy (non-hydrogen) atoms. The van der Waals surface area contributed by atoms with Crippen molar-refractivity contribution in [1.82, 2.24) is 10.4 Å². The molecule has 0 heterocycles. The molecule has 0 aromatic carbocycles. The average Bonchev–Trinajstić information content (AvgIpc) is 2.10. The smallest absolute Gasteiger partial charge is 0.405 e. The van der Waals surface area contributed by atoms with Crippen LogP contribution < -0.4 is 5.32 Å². The highest BCUT2D eigenvalue weighted by Gasteiger charge is 2.05. The Bertz CT molecular complexity index is 183. The van der Waals surface area contributed by atoms with E-state index in [0.29, 0.717) is 6.54 Å². The number of carbonyl (C=O) groups is 2. The van der Waals surface area contributed by atoms with Gasteiger partial charge in [-0.1, -0.05) is 0 Å². The van der Waals surface area contributed by atoms with Crippen molar-refractivity contribution in [2.45, 2.75) is 6.42 Å². The molecule has 6 nitrogen and oxygen atoms in total. The van der Waals surface area contributed by atoms with Gasteiger partial charge in [0.15, 0.2) is 5.78 Å². The number of carbonyl (C=O) groups excluding carboxylic acids is 1. The fourth-order valence-corrected chi connectivity index (χ4v) is 0.636. The lowest BCUT2D eigenvalue weighted by molar-refractivity contribution is -0.127. The third-order valence-corrected chi connectivity index (χ3v) is 1.45. The lowest BCUT2D eigenvalue weighted by Gasteiger charge is -2.11. The van der Waals surface area contributed by atoms with E-state index in [1.54, 1.807) is 7.05 Å². The van der Waals surface area contributed by atoms with Gasteiger partial charge in [0.05, 0.1) is 13.7 Å². The summed E-state index contributed by atoms with van der Waals surface area (Å²) in [5.74, 6) is -0.161. The zero-order valence-corrected chi connectivity index (χ0v) is 7.74. The van der Waals surface area contributed by atoms with Crippen LogP contribution in [0.1, 0.15) is 6.42 Å². The molecule has 0 aliphatic carbocycles. The minimum absolute atomic E-state index is 0.146. The maximum absolute atomic E-state index is 11.0. The molecular formula is C7H14N2O4. The first-order valence-corrected chi connectivity index (χ1v) is 3.80. The minimum atomic E-state index is -1.19. The monoisotopic (exact) mass is 190 g/mol. The number of amides is 1. The Labute approximate surface area is 76.4 Å². The van der Waals surface area contributed by atoms with Gasteiger partial charge in [0.25, 0.3) is 0 Å². The SMILES string of the molecule is CON(C)CCC(=O)CNC(=O)O. The van der Waals surface area contributed by atoms with Gasteiger partial charge in [-0.3, -0.25) is 4.79 Å². The van der Waals surface area contributed by atoms with Gasteiger partial charge >= 0.3 is 6.09 Å². The van der Waals surface area contributed by atoms with E-state index in [2.05, 4.69) is 0 Å². The van der Waals surface area contributed by atoms with Crippen molar-refractivity contribution in [1.29, 1.82) is 0 Å². The summed E-state index contributed by atoms with van der Waals surface area (Å²) in [6, 6.07) is 0. The number of rotatable bonds is 6. The average molecular weight is 190 g/mol. The van der Waals surface area contributed by atoms with Crippen LogP contribution in [-0.2, 0) is 9.63 Å². The van der Waals surface area contributed by atoms with E-state index in [9.17, 15) is 9.59 Å². The second-order valence-electron chi connectivity index (χ2n) is 2.48. The van der Waals surface area contributed by atoms with Gasteiger partial charge in [-0.25, -0.2) is 4.79 Å². The van der Waals surface area contributed by atoms with Crippen LogP contribution in [-0.4, -0.2) is 49.3 Å². The first-order chi connectivity index (χ1) is 6.06. The lowest BCUT2D eigenvalue weighted by Crippen LogP contribution is -2.30. The predicted molar refractivity (Wildman–Crippen MR) is 45.3 cm³/mol. The maximum atomic E-state index is 11.0. The molecule has 0 bridgehead atoms. The molecule has 76 valence electrons. The van der Waals surface area contributed by atoms with Gasteiger partial charge in [-0.2, -0.15) is 5.06 Å². The Morgan fingerprint density at radius 2 is 2.15 bits per heavy atom. The number of Topliss-reactive ketones (excluding diaryl/α,β-unsaturated/α-hetero) is 1. The lowest BCUT2D eigenvalue weighted by atomic mass is 10.3. The van der Waals surface area contributed by atoms with E-state index in [1.165, 1.54) is 12.2 Å². The van der Waals surface area contributed by atoms with Crippen LogP contribution in [0.25, 0.3) is 0 Å². The van der Waals surface area contributed by atoms with Crippen LogP contribution in [0, 0.1) is 0 Å². The van der Waals surface area contributed by atoms with E-state index < -0.39 is 6.09 Å². The summed E-state index contributed by atoms with van der Waals surface area (Å²) in [6.07, 6.45) is -0.918. The first-order valence-electron chi connectivity index (χ1n) is 3.80. The third kappa shape index (κ3) is 7.23. The van der Waals surface area contributed by atoms with Crippen molar-refractivity contribution >= 4 is 11.9 Å². The Morgan fingerprint density at radius 1 is 1.54 bits per heavy atom. The molecule has 6 heteroatoms. The van der Waals surface area contributed by atoms with Gasteiger partial charge < -0.3 is 15.3 Å². The van der Waals surface area contributed by atoms with Crippen molar-refractivity contribution in [2.75, 3.05) is 27.2 Å². The number of carboxylic acid groups (broad SMARTS) is 1. The van der Waals surface area contributed by atoms with Crippen LogP contribution in [0.5, 0.6) is 0 Å². The fraction of sp³-hybridized carbons (Fsp3) is 0.714.